The number of rotatable bonds is 0. The maximum Gasteiger partial charge on any atom is 0.216 e. The molecule has 0 amide bonds. The van der Waals surface area contributed by atoms with Gasteiger partial charge in [-0.1, -0.05) is 11.6 Å². The summed E-state index contributed by atoms with van der Waals surface area (Å²) >= 11 is 5.52. The molecule has 0 spiro atoms. The first-order valence-electron chi connectivity index (χ1n) is 3.54. The molecule has 0 aromatic carbocycles. The number of hydrogen-bond donors (Lipinski definition) is 0. The van der Waals surface area contributed by atoms with Gasteiger partial charge < -0.3 is 0 Å². The van der Waals surface area contributed by atoms with Crippen molar-refractivity contribution >= 4 is 23.2 Å². The van der Waals surface area contributed by atoms with Crippen molar-refractivity contribution in [3.63, 3.8) is 0 Å². The van der Waals surface area contributed by atoms with Crippen LogP contribution in [0.3, 0.4) is 0 Å². The highest BCUT2D eigenvalue weighted by atomic mass is 35.5. The third-order valence-corrected chi connectivity index (χ3v) is 2.25. The van der Waals surface area contributed by atoms with Gasteiger partial charge in [-0.25, -0.2) is 0 Å². The molecule has 0 aromatic heterocycles. The monoisotopic (exact) mass is 206 g/mol. The highest BCUT2D eigenvalue weighted by Gasteiger charge is 2.31. The average molecular weight is 207 g/mol. The number of ketones is 2. The Morgan fingerprint density at radius 2 is 1.50 bits per heavy atom. The second-order valence-corrected chi connectivity index (χ2v) is 2.95. The van der Waals surface area contributed by atoms with Crippen molar-refractivity contribution in [3.8, 4) is 12.1 Å². The Bertz CT molecular complexity index is 442. The molecule has 0 saturated carbocycles. The van der Waals surface area contributed by atoms with Crippen molar-refractivity contribution in [1.29, 1.82) is 10.5 Å². The fraction of sp³-hybridized carbons (Fsp3) is 0.111. The number of Topliss-reactive ketones (excluding diaryl/α,β-unsaturated/α-hetero) is 2. The minimum absolute atomic E-state index is 0.00668. The summed E-state index contributed by atoms with van der Waals surface area (Å²) in [6, 6.07) is 3.03. The minimum Gasteiger partial charge on any atom is -0.288 e. The number of allylic oxidation sites excluding steroid dienone is 4. The molecule has 0 bridgehead atoms. The topological polar surface area (TPSA) is 81.7 Å². The molecule has 0 unspecified atom stereocenters. The molecule has 0 atom stereocenters. The molecule has 0 fully saturated rings. The summed E-state index contributed by atoms with van der Waals surface area (Å²) in [5, 5.41) is 16.9. The second kappa shape index (κ2) is 3.45. The van der Waals surface area contributed by atoms with Gasteiger partial charge in [0.25, 0.3) is 0 Å². The fourth-order valence-electron chi connectivity index (χ4n) is 1.01. The van der Waals surface area contributed by atoms with Crippen LogP contribution in [0.4, 0.5) is 0 Å². The second-order valence-electron chi connectivity index (χ2n) is 2.57. The molecular weight excluding hydrogens is 204 g/mol. The molecule has 1 rings (SSSR count). The number of carbonyl (C=O) groups is 2. The number of nitriles is 2. The van der Waals surface area contributed by atoms with Gasteiger partial charge in [0.1, 0.15) is 23.3 Å². The van der Waals surface area contributed by atoms with E-state index in [2.05, 4.69) is 0 Å². The van der Waals surface area contributed by atoms with Gasteiger partial charge >= 0.3 is 0 Å². The summed E-state index contributed by atoms with van der Waals surface area (Å²) in [5.41, 5.74) is -0.903. The van der Waals surface area contributed by atoms with Gasteiger partial charge in [0.05, 0.1) is 5.03 Å². The summed E-state index contributed by atoms with van der Waals surface area (Å²) in [6.45, 7) is 1.34. The normalized spacial score (nSPS) is 16.9. The van der Waals surface area contributed by atoms with E-state index in [4.69, 9.17) is 22.1 Å². The zero-order valence-electron chi connectivity index (χ0n) is 7.09. The third-order valence-electron chi connectivity index (χ3n) is 1.80. The predicted molar refractivity (Wildman–Crippen MR) is 46.8 cm³/mol. The van der Waals surface area contributed by atoms with Crippen LogP contribution in [-0.2, 0) is 9.59 Å². The van der Waals surface area contributed by atoms with Crippen LogP contribution in [0, 0.1) is 22.7 Å². The summed E-state index contributed by atoms with van der Waals surface area (Å²) in [7, 11) is 0. The highest BCUT2D eigenvalue weighted by molar-refractivity contribution is 6.50. The Labute approximate surface area is 84.7 Å². The first-order valence-corrected chi connectivity index (χ1v) is 3.92. The van der Waals surface area contributed by atoms with Gasteiger partial charge in [0, 0.05) is 5.57 Å². The summed E-state index contributed by atoms with van der Waals surface area (Å²) in [5.74, 6) is -1.42. The Balaban J connectivity index is 3.51. The van der Waals surface area contributed by atoms with Crippen molar-refractivity contribution in [2.45, 2.75) is 6.92 Å². The minimum atomic E-state index is -0.761. The van der Waals surface area contributed by atoms with Crippen molar-refractivity contribution in [1.82, 2.24) is 0 Å². The molecule has 0 saturated heterocycles. The van der Waals surface area contributed by atoms with Crippen molar-refractivity contribution in [2.75, 3.05) is 0 Å². The zero-order valence-corrected chi connectivity index (χ0v) is 7.84. The largest absolute Gasteiger partial charge is 0.288 e. The molecule has 14 heavy (non-hydrogen) atoms. The van der Waals surface area contributed by atoms with E-state index >= 15 is 0 Å². The lowest BCUT2D eigenvalue weighted by molar-refractivity contribution is -0.115. The maximum absolute atomic E-state index is 11.4. The van der Waals surface area contributed by atoms with E-state index in [1.807, 2.05) is 0 Å². The third kappa shape index (κ3) is 1.22. The Kier molecular flexibility index (Phi) is 2.51. The van der Waals surface area contributed by atoms with E-state index < -0.39 is 22.7 Å². The molecule has 4 nitrogen and oxygen atoms in total. The summed E-state index contributed by atoms with van der Waals surface area (Å²) in [4.78, 5) is 22.7. The maximum atomic E-state index is 11.4. The smallest absolute Gasteiger partial charge is 0.216 e. The van der Waals surface area contributed by atoms with Crippen LogP contribution in [0.25, 0.3) is 0 Å². The first-order chi connectivity index (χ1) is 6.54. The van der Waals surface area contributed by atoms with E-state index in [-0.39, 0.29) is 10.6 Å². The van der Waals surface area contributed by atoms with E-state index in [0.29, 0.717) is 0 Å². The summed E-state index contributed by atoms with van der Waals surface area (Å²) < 4.78 is 0. The molecule has 0 heterocycles. The average Bonchev–Trinajstić information content (AvgIpc) is 2.20. The Morgan fingerprint density at radius 1 is 1.07 bits per heavy atom. The van der Waals surface area contributed by atoms with E-state index in [1.165, 1.54) is 19.1 Å². The van der Waals surface area contributed by atoms with Crippen LogP contribution in [0.5, 0.6) is 0 Å². The molecule has 0 N–H and O–H groups in total. The van der Waals surface area contributed by atoms with Gasteiger partial charge in [-0.15, -0.1) is 0 Å². The number of nitrogens with zero attached hydrogens (tertiary/aromatic N) is 2. The number of hydrogen-bond acceptors (Lipinski definition) is 4. The van der Waals surface area contributed by atoms with E-state index in [9.17, 15) is 9.59 Å². The highest BCUT2D eigenvalue weighted by Crippen LogP contribution is 2.25. The van der Waals surface area contributed by atoms with Gasteiger partial charge in [-0.2, -0.15) is 10.5 Å². The Morgan fingerprint density at radius 3 is 1.93 bits per heavy atom. The van der Waals surface area contributed by atoms with Crippen LogP contribution in [-0.4, -0.2) is 11.6 Å². The van der Waals surface area contributed by atoms with E-state index in [0.717, 1.165) is 0 Å². The van der Waals surface area contributed by atoms with Gasteiger partial charge in [0.15, 0.2) is 0 Å². The lowest BCUT2D eigenvalue weighted by atomic mass is 9.91. The van der Waals surface area contributed by atoms with Crippen LogP contribution < -0.4 is 0 Å². The Hall–Kier alpha value is -1.91. The van der Waals surface area contributed by atoms with Gasteiger partial charge in [-0.05, 0) is 6.92 Å². The van der Waals surface area contributed by atoms with E-state index in [1.54, 1.807) is 0 Å². The van der Waals surface area contributed by atoms with Crippen molar-refractivity contribution < 1.29 is 9.59 Å². The van der Waals surface area contributed by atoms with Crippen LogP contribution in [0.2, 0.25) is 0 Å². The van der Waals surface area contributed by atoms with Gasteiger partial charge in [0.2, 0.25) is 11.6 Å². The van der Waals surface area contributed by atoms with Crippen molar-refractivity contribution in [3.05, 3.63) is 21.8 Å². The molecule has 0 radical (unpaired) electrons. The molecule has 68 valence electrons. The molecular formula is C9H3ClN2O2. The van der Waals surface area contributed by atoms with Crippen LogP contribution in [0.1, 0.15) is 6.92 Å². The molecule has 0 aromatic rings. The SMILES string of the molecule is CC1=C(Cl)C(=O)C(C#N)=C(C#N)C1=O. The number of halogens is 1. The predicted octanol–water partition coefficient (Wildman–Crippen LogP) is 0.995. The molecule has 5 heteroatoms. The zero-order chi connectivity index (χ0) is 10.9. The lowest BCUT2D eigenvalue weighted by Crippen LogP contribution is -2.19. The first kappa shape index (κ1) is 10.2. The lowest BCUT2D eigenvalue weighted by Gasteiger charge is -2.09. The van der Waals surface area contributed by atoms with Crippen LogP contribution in [0.15, 0.2) is 21.8 Å². The van der Waals surface area contributed by atoms with Crippen molar-refractivity contribution in [2.24, 2.45) is 0 Å². The fourth-order valence-corrected chi connectivity index (χ4v) is 1.19. The molecule has 1 aliphatic rings. The number of carbonyl (C=O) groups excluding carboxylic acids is 2. The van der Waals surface area contributed by atoms with Crippen LogP contribution >= 0.6 is 11.6 Å². The molecule has 1 aliphatic carbocycles. The molecule has 0 aliphatic heterocycles. The van der Waals surface area contributed by atoms with Gasteiger partial charge in [-0.3, -0.25) is 9.59 Å². The quantitative estimate of drug-likeness (QED) is 0.554. The standard InChI is InChI=1S/C9H3ClN2O2/c1-4-7(10)9(14)6(3-12)5(2-11)8(4)13/h1H3. The summed E-state index contributed by atoms with van der Waals surface area (Å²) in [6.07, 6.45) is 0.